The maximum absolute atomic E-state index is 8.07. The van der Waals surface area contributed by atoms with Crippen molar-refractivity contribution in [2.45, 2.75) is 67.7 Å². The molecule has 0 radical (unpaired) electrons. The number of aliphatic hydroxyl groups is 1. The number of nitrogens with one attached hydrogen (secondary N) is 1. The van der Waals surface area contributed by atoms with Crippen molar-refractivity contribution >= 4 is 11.2 Å². The number of pyridine rings is 1. The minimum Gasteiger partial charge on any atom is -0.478 e. The van der Waals surface area contributed by atoms with Crippen molar-refractivity contribution in [2.75, 3.05) is 13.2 Å². The van der Waals surface area contributed by atoms with Crippen molar-refractivity contribution in [3.63, 3.8) is 0 Å². The van der Waals surface area contributed by atoms with Crippen LogP contribution in [0.3, 0.4) is 0 Å². The van der Waals surface area contributed by atoms with Crippen LogP contribution in [0.2, 0.25) is 0 Å². The summed E-state index contributed by atoms with van der Waals surface area (Å²) < 4.78 is 5.49. The Balaban J connectivity index is 0.000000527. The molecule has 0 fully saturated rings. The molecule has 3 aromatic rings. The van der Waals surface area contributed by atoms with E-state index in [-0.39, 0.29) is 0 Å². The summed E-state index contributed by atoms with van der Waals surface area (Å²) in [6.45, 7) is 15.1. The maximum Gasteiger partial charge on any atom is 0.213 e. The van der Waals surface area contributed by atoms with E-state index < -0.39 is 0 Å². The van der Waals surface area contributed by atoms with Gasteiger partial charge in [0.05, 0.1) is 23.7 Å². The van der Waals surface area contributed by atoms with Crippen LogP contribution in [0.15, 0.2) is 18.3 Å². The second-order valence-electron chi connectivity index (χ2n) is 6.33. The summed E-state index contributed by atoms with van der Waals surface area (Å²) in [4.78, 5) is 17.2. The second-order valence-corrected chi connectivity index (χ2v) is 6.33. The zero-order valence-electron chi connectivity index (χ0n) is 19.0. The summed E-state index contributed by atoms with van der Waals surface area (Å²) in [5.74, 6) is 0.660. The van der Waals surface area contributed by atoms with E-state index in [9.17, 15) is 0 Å². The van der Waals surface area contributed by atoms with Gasteiger partial charge in [-0.05, 0) is 45.2 Å². The molecule has 0 bridgehead atoms. The molecule has 0 unspecified atom stereocenters. The van der Waals surface area contributed by atoms with Crippen molar-refractivity contribution in [1.29, 1.82) is 0 Å². The Morgan fingerprint density at radius 3 is 2.31 bits per heavy atom. The molecular formula is C23H36N4O2. The smallest absolute Gasteiger partial charge is 0.213 e. The average Bonchev–Trinajstić information content (AvgIpc) is 3.10. The first-order chi connectivity index (χ1) is 14.0. The molecule has 0 atom stereocenters. The van der Waals surface area contributed by atoms with Gasteiger partial charge >= 0.3 is 0 Å². The fourth-order valence-corrected chi connectivity index (χ4v) is 2.75. The zero-order valence-corrected chi connectivity index (χ0v) is 19.0. The van der Waals surface area contributed by atoms with Crippen LogP contribution >= 0.6 is 0 Å². The summed E-state index contributed by atoms with van der Waals surface area (Å²) in [5, 5.41) is 8.07. The number of aromatic amines is 1. The van der Waals surface area contributed by atoms with Gasteiger partial charge in [0.15, 0.2) is 5.65 Å². The molecule has 0 amide bonds. The third kappa shape index (κ3) is 6.53. The number of H-pyrrole nitrogens is 1. The summed E-state index contributed by atoms with van der Waals surface area (Å²) in [5.41, 5.74) is 6.64. The van der Waals surface area contributed by atoms with Crippen molar-refractivity contribution in [3.05, 3.63) is 35.3 Å². The van der Waals surface area contributed by atoms with Crippen molar-refractivity contribution in [3.8, 4) is 17.1 Å². The van der Waals surface area contributed by atoms with Gasteiger partial charge in [-0.1, -0.05) is 34.1 Å². The molecule has 29 heavy (non-hydrogen) atoms. The molecular weight excluding hydrogens is 364 g/mol. The molecule has 0 saturated carbocycles. The number of hydrogen-bond acceptors (Lipinski definition) is 5. The van der Waals surface area contributed by atoms with E-state index in [2.05, 4.69) is 28.8 Å². The van der Waals surface area contributed by atoms with E-state index in [1.165, 1.54) is 0 Å². The summed E-state index contributed by atoms with van der Waals surface area (Å²) >= 11 is 0. The maximum atomic E-state index is 8.07. The van der Waals surface area contributed by atoms with Crippen LogP contribution in [-0.2, 0) is 6.42 Å². The fraction of sp³-hybridized carbons (Fsp3) is 0.522. The van der Waals surface area contributed by atoms with Crippen LogP contribution in [-0.4, -0.2) is 38.3 Å². The Hall–Kier alpha value is -2.47. The van der Waals surface area contributed by atoms with Gasteiger partial charge in [0.25, 0.3) is 0 Å². The summed E-state index contributed by atoms with van der Waals surface area (Å²) in [6.07, 6.45) is 4.79. The van der Waals surface area contributed by atoms with Gasteiger partial charge in [-0.2, -0.15) is 0 Å². The average molecular weight is 401 g/mol. The van der Waals surface area contributed by atoms with E-state index >= 15 is 0 Å². The van der Waals surface area contributed by atoms with Gasteiger partial charge in [0, 0.05) is 24.4 Å². The van der Waals surface area contributed by atoms with Crippen LogP contribution < -0.4 is 4.74 Å². The molecule has 3 aromatic heterocycles. The molecule has 0 aliphatic carbocycles. The van der Waals surface area contributed by atoms with Crippen molar-refractivity contribution in [2.24, 2.45) is 0 Å². The number of nitrogens with zero attached hydrogens (tertiary/aromatic N) is 3. The molecule has 3 rings (SSSR count). The molecule has 0 aromatic carbocycles. The van der Waals surface area contributed by atoms with E-state index in [4.69, 9.17) is 14.8 Å². The number of rotatable bonds is 6. The van der Waals surface area contributed by atoms with E-state index in [1.807, 2.05) is 52.9 Å². The number of aromatic nitrogens is 4. The number of unbranched alkanes of at least 4 members (excludes halogenated alkanes) is 1. The number of ether oxygens (including phenoxy) is 1. The highest BCUT2D eigenvalue weighted by Gasteiger charge is 2.14. The minimum absolute atomic E-state index is 0.344. The van der Waals surface area contributed by atoms with Crippen LogP contribution in [0.1, 0.15) is 64.4 Å². The molecule has 0 aliphatic rings. The molecule has 160 valence electrons. The monoisotopic (exact) mass is 400 g/mol. The lowest BCUT2D eigenvalue weighted by Crippen LogP contribution is -2.01. The van der Waals surface area contributed by atoms with Gasteiger partial charge in [-0.15, -0.1) is 0 Å². The quantitative estimate of drug-likeness (QED) is 0.578. The van der Waals surface area contributed by atoms with E-state index in [1.54, 1.807) is 0 Å². The first-order valence-electron chi connectivity index (χ1n) is 10.6. The van der Waals surface area contributed by atoms with E-state index in [0.29, 0.717) is 19.1 Å². The fourth-order valence-electron chi connectivity index (χ4n) is 2.75. The number of hydrogen-bond donors (Lipinski definition) is 2. The van der Waals surface area contributed by atoms with Gasteiger partial charge in [0.2, 0.25) is 5.88 Å². The topological polar surface area (TPSA) is 83.9 Å². The molecule has 0 saturated heterocycles. The first-order valence-corrected chi connectivity index (χ1v) is 10.6. The van der Waals surface area contributed by atoms with Crippen LogP contribution in [0.4, 0.5) is 0 Å². The van der Waals surface area contributed by atoms with Crippen LogP contribution in [0.25, 0.3) is 22.4 Å². The van der Waals surface area contributed by atoms with E-state index in [0.717, 1.165) is 58.6 Å². The second kappa shape index (κ2) is 12.9. The minimum atomic E-state index is 0.344. The van der Waals surface area contributed by atoms with Crippen molar-refractivity contribution < 1.29 is 9.84 Å². The van der Waals surface area contributed by atoms with Crippen molar-refractivity contribution in [1.82, 2.24) is 19.9 Å². The van der Waals surface area contributed by atoms with Crippen LogP contribution in [0, 0.1) is 13.8 Å². The Bertz CT molecular complexity index is 873. The van der Waals surface area contributed by atoms with Gasteiger partial charge in [0.1, 0.15) is 5.52 Å². The summed E-state index contributed by atoms with van der Waals surface area (Å²) in [6, 6.07) is 3.93. The largest absolute Gasteiger partial charge is 0.478 e. The Kier molecular flexibility index (Phi) is 10.9. The molecule has 0 aliphatic heterocycles. The summed E-state index contributed by atoms with van der Waals surface area (Å²) in [7, 11) is 0. The third-order valence-corrected chi connectivity index (χ3v) is 4.21. The lowest BCUT2D eigenvalue weighted by atomic mass is 10.1. The highest BCUT2D eigenvalue weighted by molar-refractivity contribution is 5.79. The highest BCUT2D eigenvalue weighted by atomic mass is 16.5. The number of aryl methyl sites for hydroxylation is 3. The zero-order chi connectivity index (χ0) is 21.8. The predicted molar refractivity (Wildman–Crippen MR) is 120 cm³/mol. The molecule has 6 heteroatoms. The normalized spacial score (nSPS) is 10.1. The first kappa shape index (κ1) is 24.6. The predicted octanol–water partition coefficient (Wildman–Crippen LogP) is 5.40. The lowest BCUT2D eigenvalue weighted by molar-refractivity contribution is 0.287. The Morgan fingerprint density at radius 1 is 1.03 bits per heavy atom. The Labute approximate surface area is 174 Å². The third-order valence-electron chi connectivity index (χ3n) is 4.21. The SMILES string of the molecule is CC.CCCCO.CCOc1ccc(-c2nc3c(C)c[nH]c3nc2C)c(CC)n1. The van der Waals surface area contributed by atoms with Gasteiger partial charge < -0.3 is 14.8 Å². The van der Waals surface area contributed by atoms with Gasteiger partial charge in [-0.25, -0.2) is 15.0 Å². The lowest BCUT2D eigenvalue weighted by Gasteiger charge is -2.11. The highest BCUT2D eigenvalue weighted by Crippen LogP contribution is 2.28. The number of aliphatic hydroxyl groups excluding tert-OH is 1. The molecule has 2 N–H and O–H groups in total. The van der Waals surface area contributed by atoms with Crippen LogP contribution in [0.5, 0.6) is 5.88 Å². The molecule has 3 heterocycles. The number of fused-ring (bicyclic) bond motifs is 1. The Morgan fingerprint density at radius 2 is 1.76 bits per heavy atom. The van der Waals surface area contributed by atoms with Gasteiger partial charge in [-0.3, -0.25) is 0 Å². The molecule has 0 spiro atoms. The molecule has 6 nitrogen and oxygen atoms in total. The standard InChI is InChI=1S/C17H20N4O.C4H10O.C2H6/c1-5-13-12(7-8-14(20-13)22-6-2)16-11(4)19-17-15(21-16)10(3)9-18-17;1-2-3-4-5;1-2/h7-9H,5-6H2,1-4H3,(H,18,19);5H,2-4H2,1H3;1-2H3.